The Labute approximate surface area is 264 Å². The fourth-order valence-corrected chi connectivity index (χ4v) is 6.56. The highest BCUT2D eigenvalue weighted by Gasteiger charge is 2.39. The molecule has 43 heavy (non-hydrogen) atoms. The van der Waals surface area contributed by atoms with Crippen molar-refractivity contribution in [2.75, 3.05) is 26.2 Å². The highest BCUT2D eigenvalue weighted by molar-refractivity contribution is 5.70. The molecule has 254 valence electrons. The number of rotatable bonds is 32. The maximum Gasteiger partial charge on any atom is 0.312 e. The summed E-state index contributed by atoms with van der Waals surface area (Å²) < 4.78 is 0.223. The topological polar surface area (TPSA) is 115 Å². The summed E-state index contributed by atoms with van der Waals surface area (Å²) in [6.45, 7) is 9.09. The fraction of sp³-hybridized carbons (Fsp3) is 0.917. The van der Waals surface area contributed by atoms with Crippen molar-refractivity contribution in [3.63, 3.8) is 0 Å². The number of quaternary nitrogens is 1. The predicted octanol–water partition coefficient (Wildman–Crippen LogP) is 8.23. The SMILES string of the molecule is CCCCCCCCCCCCCCCCCCCCC[N+](CC(CC)C(=O)[O-])(CC(CC)C(=O)O)CC(CC)C(=O)O. The number of aliphatic carboxylic acids is 3. The molecule has 3 atom stereocenters. The number of carboxylic acid groups (broad SMARTS) is 3. The first-order valence-electron chi connectivity index (χ1n) is 18.2. The van der Waals surface area contributed by atoms with Crippen LogP contribution in [0, 0.1) is 17.8 Å². The maximum atomic E-state index is 12.0. The van der Waals surface area contributed by atoms with Gasteiger partial charge in [0.25, 0.3) is 0 Å². The van der Waals surface area contributed by atoms with Gasteiger partial charge in [0.15, 0.2) is 0 Å². The van der Waals surface area contributed by atoms with Gasteiger partial charge in [-0.05, 0) is 32.1 Å². The summed E-state index contributed by atoms with van der Waals surface area (Å²) in [6, 6.07) is 0. The molecule has 0 spiro atoms. The van der Waals surface area contributed by atoms with Crippen LogP contribution >= 0.6 is 0 Å². The number of hydrogen-bond acceptors (Lipinski definition) is 4. The minimum absolute atomic E-state index is 0.223. The van der Waals surface area contributed by atoms with Crippen LogP contribution in [0.4, 0.5) is 0 Å². The van der Waals surface area contributed by atoms with Crippen molar-refractivity contribution in [1.29, 1.82) is 0 Å². The molecule has 3 unspecified atom stereocenters. The zero-order valence-electron chi connectivity index (χ0n) is 28.6. The second-order valence-electron chi connectivity index (χ2n) is 13.3. The molecule has 0 rings (SSSR count). The van der Waals surface area contributed by atoms with Crippen molar-refractivity contribution in [3.05, 3.63) is 0 Å². The molecular weight excluding hydrogens is 542 g/mol. The highest BCUT2D eigenvalue weighted by atomic mass is 16.4. The molecule has 0 aliphatic rings. The number of carboxylic acids is 3. The summed E-state index contributed by atoms with van der Waals surface area (Å²) in [6.07, 6.45) is 25.8. The number of carbonyl (C=O) groups excluding carboxylic acids is 1. The average molecular weight is 612 g/mol. The molecule has 0 heterocycles. The third-order valence-electron chi connectivity index (χ3n) is 9.57. The first kappa shape index (κ1) is 41.4. The average Bonchev–Trinajstić information content (AvgIpc) is 2.98. The Morgan fingerprint density at radius 3 is 1.02 bits per heavy atom. The largest absolute Gasteiger partial charge is 0.550 e. The molecule has 0 aromatic rings. The van der Waals surface area contributed by atoms with Crippen molar-refractivity contribution >= 4 is 17.9 Å². The molecule has 0 amide bonds. The highest BCUT2D eigenvalue weighted by Crippen LogP contribution is 2.25. The van der Waals surface area contributed by atoms with E-state index < -0.39 is 35.7 Å². The second-order valence-corrected chi connectivity index (χ2v) is 13.3. The van der Waals surface area contributed by atoms with Gasteiger partial charge >= 0.3 is 11.9 Å². The van der Waals surface area contributed by atoms with Gasteiger partial charge in [-0.2, -0.15) is 0 Å². The number of nitrogens with zero attached hydrogens (tertiary/aromatic N) is 1. The lowest BCUT2D eigenvalue weighted by Gasteiger charge is -2.44. The molecule has 0 radical (unpaired) electrons. The van der Waals surface area contributed by atoms with E-state index in [1.54, 1.807) is 6.92 Å². The van der Waals surface area contributed by atoms with E-state index in [1.165, 1.54) is 103 Å². The predicted molar refractivity (Wildman–Crippen MR) is 175 cm³/mol. The zero-order chi connectivity index (χ0) is 32.3. The number of hydrogen-bond donors (Lipinski definition) is 2. The molecule has 0 aromatic heterocycles. The normalized spacial score (nSPS) is 15.1. The molecule has 0 aromatic carbocycles. The van der Waals surface area contributed by atoms with Crippen LogP contribution in [0.15, 0.2) is 0 Å². The minimum atomic E-state index is -1.13. The van der Waals surface area contributed by atoms with E-state index in [1.807, 2.05) is 13.8 Å². The van der Waals surface area contributed by atoms with E-state index in [4.69, 9.17) is 0 Å². The van der Waals surface area contributed by atoms with Gasteiger partial charge in [0.2, 0.25) is 0 Å². The smallest absolute Gasteiger partial charge is 0.312 e. The third kappa shape index (κ3) is 20.9. The fourth-order valence-electron chi connectivity index (χ4n) is 6.56. The summed E-state index contributed by atoms with van der Waals surface area (Å²) in [5, 5.41) is 31.5. The first-order chi connectivity index (χ1) is 20.7. The van der Waals surface area contributed by atoms with Crippen LogP contribution in [0.25, 0.3) is 0 Å². The maximum absolute atomic E-state index is 12.0. The van der Waals surface area contributed by atoms with Crippen molar-refractivity contribution < 1.29 is 34.2 Å². The molecule has 0 aliphatic carbocycles. The van der Waals surface area contributed by atoms with Gasteiger partial charge in [0.1, 0.15) is 11.8 Å². The number of carbonyl (C=O) groups is 3. The van der Waals surface area contributed by atoms with Crippen LogP contribution in [0.1, 0.15) is 169 Å². The second kappa shape index (κ2) is 26.7. The Morgan fingerprint density at radius 2 is 0.767 bits per heavy atom. The van der Waals surface area contributed by atoms with Gasteiger partial charge in [-0.25, -0.2) is 0 Å². The Bertz CT molecular complexity index is 652. The Hall–Kier alpha value is -1.63. The summed E-state index contributed by atoms with van der Waals surface area (Å²) in [5.74, 6) is -4.93. The van der Waals surface area contributed by atoms with Crippen molar-refractivity contribution in [2.45, 2.75) is 169 Å². The Balaban J connectivity index is 4.57. The standard InChI is InChI=1S/C36H69NO6/c1-5-9-10-11-12-13-14-15-16-17-18-19-20-21-22-23-24-25-26-27-37(28-31(6-2)34(38)39,29-32(7-3)35(40)41)30-33(8-4)36(42)43/h31-33H,5-30H2,1-4H3,(H2-,38,39,40,41,42,43). The molecule has 0 fully saturated rings. The van der Waals surface area contributed by atoms with Crippen LogP contribution in [-0.2, 0) is 14.4 Å². The molecule has 0 saturated carbocycles. The van der Waals surface area contributed by atoms with Crippen LogP contribution in [0.5, 0.6) is 0 Å². The van der Waals surface area contributed by atoms with E-state index in [-0.39, 0.29) is 24.1 Å². The van der Waals surface area contributed by atoms with E-state index in [2.05, 4.69) is 6.92 Å². The molecule has 2 N–H and O–H groups in total. The molecule has 0 saturated heterocycles. The van der Waals surface area contributed by atoms with Crippen molar-refractivity contribution in [1.82, 2.24) is 0 Å². The monoisotopic (exact) mass is 612 g/mol. The molecule has 7 heteroatoms. The lowest BCUT2D eigenvalue weighted by molar-refractivity contribution is -0.935. The minimum Gasteiger partial charge on any atom is -0.550 e. The van der Waals surface area contributed by atoms with E-state index in [0.29, 0.717) is 25.8 Å². The van der Waals surface area contributed by atoms with Crippen LogP contribution in [0.2, 0.25) is 0 Å². The molecule has 0 bridgehead atoms. The summed E-state index contributed by atoms with van der Waals surface area (Å²) in [7, 11) is 0. The quantitative estimate of drug-likeness (QED) is 0.0585. The summed E-state index contributed by atoms with van der Waals surface area (Å²) in [5.41, 5.74) is 0. The van der Waals surface area contributed by atoms with Gasteiger partial charge < -0.3 is 24.6 Å². The lowest BCUT2D eigenvalue weighted by atomic mass is 9.95. The summed E-state index contributed by atoms with van der Waals surface area (Å²) in [4.78, 5) is 35.8. The molecule has 0 aliphatic heterocycles. The van der Waals surface area contributed by atoms with Crippen molar-refractivity contribution in [3.8, 4) is 0 Å². The van der Waals surface area contributed by atoms with Gasteiger partial charge in [-0.1, -0.05) is 137 Å². The Morgan fingerprint density at radius 1 is 0.488 bits per heavy atom. The van der Waals surface area contributed by atoms with Crippen molar-refractivity contribution in [2.24, 2.45) is 17.8 Å². The summed E-state index contributed by atoms with van der Waals surface area (Å²) >= 11 is 0. The van der Waals surface area contributed by atoms with Gasteiger partial charge in [-0.3, -0.25) is 9.59 Å². The van der Waals surface area contributed by atoms with Gasteiger partial charge in [-0.15, -0.1) is 0 Å². The van der Waals surface area contributed by atoms with E-state index >= 15 is 0 Å². The van der Waals surface area contributed by atoms with Gasteiger partial charge in [0.05, 0.1) is 32.1 Å². The van der Waals surface area contributed by atoms with Crippen LogP contribution < -0.4 is 5.11 Å². The van der Waals surface area contributed by atoms with E-state index in [9.17, 15) is 29.7 Å². The Kier molecular flexibility index (Phi) is 25.7. The third-order valence-corrected chi connectivity index (χ3v) is 9.57. The van der Waals surface area contributed by atoms with Crippen LogP contribution in [0.3, 0.4) is 0 Å². The van der Waals surface area contributed by atoms with Crippen LogP contribution in [-0.4, -0.2) is 58.8 Å². The van der Waals surface area contributed by atoms with E-state index in [0.717, 1.165) is 19.3 Å². The molecule has 7 nitrogen and oxygen atoms in total. The first-order valence-corrected chi connectivity index (χ1v) is 18.2. The zero-order valence-corrected chi connectivity index (χ0v) is 28.6. The van der Waals surface area contributed by atoms with Gasteiger partial charge in [0, 0.05) is 5.92 Å². The number of unbranched alkanes of at least 4 members (excludes halogenated alkanes) is 18. The lowest BCUT2D eigenvalue weighted by Crippen LogP contribution is -2.59. The molecular formula is C36H69NO6.